The normalized spacial score (nSPS) is 35.0. The Morgan fingerprint density at radius 3 is 2.71 bits per heavy atom. The molecular weight excluding hydrogens is 240 g/mol. The molecule has 1 amide bonds. The number of rotatable bonds is 3. The van der Waals surface area contributed by atoms with Crippen LogP contribution >= 0.6 is 0 Å². The lowest BCUT2D eigenvalue weighted by Gasteiger charge is -2.13. The first-order chi connectivity index (χ1) is 7.99. The van der Waals surface area contributed by atoms with Crippen molar-refractivity contribution in [3.05, 3.63) is 12.2 Å². The second kappa shape index (κ2) is 4.78. The van der Waals surface area contributed by atoms with E-state index in [2.05, 4.69) is 5.32 Å². The Morgan fingerprint density at radius 2 is 2.18 bits per heavy atom. The van der Waals surface area contributed by atoms with Gasteiger partial charge in [0.2, 0.25) is 5.91 Å². The van der Waals surface area contributed by atoms with Gasteiger partial charge < -0.3 is 11.1 Å². The maximum atomic E-state index is 11.7. The fourth-order valence-corrected chi connectivity index (χ4v) is 4.12. The summed E-state index contributed by atoms with van der Waals surface area (Å²) in [5, 5.41) is 2.32. The van der Waals surface area contributed by atoms with Crippen LogP contribution in [0.4, 0.5) is 0 Å². The number of hydrogen-bond acceptors (Lipinski definition) is 4. The van der Waals surface area contributed by atoms with Crippen molar-refractivity contribution in [3.8, 4) is 0 Å². The lowest BCUT2D eigenvalue weighted by atomic mass is 10.1. The van der Waals surface area contributed by atoms with Crippen molar-refractivity contribution >= 4 is 15.7 Å². The van der Waals surface area contributed by atoms with Crippen molar-refractivity contribution in [3.63, 3.8) is 0 Å². The van der Waals surface area contributed by atoms with E-state index in [0.29, 0.717) is 19.3 Å². The van der Waals surface area contributed by atoms with E-state index in [4.69, 9.17) is 5.73 Å². The number of hydrogen-bond donors (Lipinski definition) is 2. The van der Waals surface area contributed by atoms with Gasteiger partial charge in [0.15, 0.2) is 9.84 Å². The molecule has 2 rings (SSSR count). The van der Waals surface area contributed by atoms with Gasteiger partial charge in [0.25, 0.3) is 0 Å². The highest BCUT2D eigenvalue weighted by Crippen LogP contribution is 2.20. The minimum atomic E-state index is -2.97. The molecule has 3 N–H and O–H groups in total. The second-order valence-electron chi connectivity index (χ2n) is 4.77. The molecule has 0 aromatic rings. The van der Waals surface area contributed by atoms with Gasteiger partial charge in [-0.25, -0.2) is 8.42 Å². The van der Waals surface area contributed by atoms with Gasteiger partial charge in [-0.3, -0.25) is 4.79 Å². The first-order valence-corrected chi connectivity index (χ1v) is 7.64. The summed E-state index contributed by atoms with van der Waals surface area (Å²) in [6, 6.07) is -0.0547. The van der Waals surface area contributed by atoms with Crippen molar-refractivity contribution in [2.75, 3.05) is 12.3 Å². The van der Waals surface area contributed by atoms with E-state index in [1.807, 2.05) is 6.08 Å². The van der Waals surface area contributed by atoms with Crippen LogP contribution in [0.5, 0.6) is 0 Å². The number of carbonyl (C=O) groups is 1. The van der Waals surface area contributed by atoms with Gasteiger partial charge in [-0.2, -0.15) is 0 Å². The molecule has 0 radical (unpaired) electrons. The van der Waals surface area contributed by atoms with Crippen LogP contribution in [-0.4, -0.2) is 37.9 Å². The zero-order valence-corrected chi connectivity index (χ0v) is 10.4. The average Bonchev–Trinajstić information content (AvgIpc) is 2.81. The van der Waals surface area contributed by atoms with E-state index in [9.17, 15) is 13.2 Å². The molecule has 17 heavy (non-hydrogen) atoms. The Balaban J connectivity index is 1.83. The highest BCUT2D eigenvalue weighted by atomic mass is 32.2. The number of sulfone groups is 1. The zero-order chi connectivity index (χ0) is 12.5. The molecular formula is C11H18N2O3S. The summed E-state index contributed by atoms with van der Waals surface area (Å²) in [6.45, 7) is 0.237. The van der Waals surface area contributed by atoms with Crippen LogP contribution in [0.15, 0.2) is 12.2 Å². The Morgan fingerprint density at radius 1 is 1.41 bits per heavy atom. The van der Waals surface area contributed by atoms with Crippen LogP contribution < -0.4 is 11.1 Å². The summed E-state index contributed by atoms with van der Waals surface area (Å²) < 4.78 is 23.1. The summed E-state index contributed by atoms with van der Waals surface area (Å²) in [7, 11) is -2.97. The first kappa shape index (κ1) is 12.6. The van der Waals surface area contributed by atoms with Crippen molar-refractivity contribution < 1.29 is 13.2 Å². The smallest absolute Gasteiger partial charge is 0.227 e. The Kier molecular flexibility index (Phi) is 3.53. The predicted molar refractivity (Wildman–Crippen MR) is 65.0 cm³/mol. The molecule has 0 aromatic heterocycles. The number of amides is 1. The fourth-order valence-electron chi connectivity index (χ4n) is 2.35. The van der Waals surface area contributed by atoms with E-state index in [-0.39, 0.29) is 30.2 Å². The topological polar surface area (TPSA) is 89.3 Å². The standard InChI is InChI=1S/C11H18N2O3S/c12-9-4-3-8(6-9)11(14)13-7-10-2-1-5-17(10,15)16/h3-4,8-10H,1-2,5-7,12H2,(H,13,14). The predicted octanol–water partition coefficient (Wildman–Crippen LogP) is -0.417. The van der Waals surface area contributed by atoms with E-state index in [0.717, 1.165) is 0 Å². The third kappa shape index (κ3) is 2.87. The highest BCUT2D eigenvalue weighted by molar-refractivity contribution is 7.92. The van der Waals surface area contributed by atoms with Gasteiger partial charge in [-0.05, 0) is 19.3 Å². The Labute approximate surface area is 101 Å². The molecule has 96 valence electrons. The minimum absolute atomic E-state index is 0.0547. The van der Waals surface area contributed by atoms with Crippen LogP contribution in [0.1, 0.15) is 19.3 Å². The zero-order valence-electron chi connectivity index (χ0n) is 9.63. The van der Waals surface area contributed by atoms with Crippen molar-refractivity contribution in [1.29, 1.82) is 0 Å². The van der Waals surface area contributed by atoms with Crippen LogP contribution in [0, 0.1) is 5.92 Å². The lowest BCUT2D eigenvalue weighted by Crippen LogP contribution is -2.37. The van der Waals surface area contributed by atoms with Gasteiger partial charge in [0.05, 0.1) is 16.9 Å². The summed E-state index contributed by atoms with van der Waals surface area (Å²) in [5.41, 5.74) is 5.66. The maximum absolute atomic E-state index is 11.7. The molecule has 2 aliphatic rings. The molecule has 1 aliphatic carbocycles. The molecule has 0 aromatic carbocycles. The van der Waals surface area contributed by atoms with Gasteiger partial charge >= 0.3 is 0 Å². The third-order valence-corrected chi connectivity index (χ3v) is 5.70. The number of nitrogens with two attached hydrogens (primary N) is 1. The van der Waals surface area contributed by atoms with Crippen LogP contribution in [-0.2, 0) is 14.6 Å². The largest absolute Gasteiger partial charge is 0.354 e. The van der Waals surface area contributed by atoms with Gasteiger partial charge in [-0.1, -0.05) is 12.2 Å². The van der Waals surface area contributed by atoms with E-state index < -0.39 is 15.1 Å². The summed E-state index contributed by atoms with van der Waals surface area (Å²) >= 11 is 0. The molecule has 1 aliphatic heterocycles. The Bertz CT molecular complexity index is 430. The molecule has 5 nitrogen and oxygen atoms in total. The SMILES string of the molecule is NC1C=CC(C(=O)NCC2CCCS2(=O)=O)C1. The van der Waals surface area contributed by atoms with Gasteiger partial charge in [0, 0.05) is 12.6 Å². The van der Waals surface area contributed by atoms with Crippen molar-refractivity contribution in [2.45, 2.75) is 30.6 Å². The number of nitrogens with one attached hydrogen (secondary N) is 1. The van der Waals surface area contributed by atoms with Crippen LogP contribution in [0.25, 0.3) is 0 Å². The van der Waals surface area contributed by atoms with E-state index in [1.165, 1.54) is 0 Å². The average molecular weight is 258 g/mol. The molecule has 0 spiro atoms. The highest BCUT2D eigenvalue weighted by Gasteiger charge is 2.32. The van der Waals surface area contributed by atoms with E-state index in [1.54, 1.807) is 6.08 Å². The van der Waals surface area contributed by atoms with Gasteiger partial charge in [-0.15, -0.1) is 0 Å². The molecule has 0 saturated carbocycles. The monoisotopic (exact) mass is 258 g/mol. The lowest BCUT2D eigenvalue weighted by molar-refractivity contribution is -0.123. The van der Waals surface area contributed by atoms with Crippen LogP contribution in [0.2, 0.25) is 0 Å². The molecule has 3 unspecified atom stereocenters. The second-order valence-corrected chi connectivity index (χ2v) is 7.17. The molecule has 1 heterocycles. The van der Waals surface area contributed by atoms with Crippen molar-refractivity contribution in [2.24, 2.45) is 11.7 Å². The fraction of sp³-hybridized carbons (Fsp3) is 0.727. The molecule has 1 fully saturated rings. The molecule has 6 heteroatoms. The summed E-state index contributed by atoms with van der Waals surface area (Å²) in [5.74, 6) is -0.0627. The minimum Gasteiger partial charge on any atom is -0.354 e. The van der Waals surface area contributed by atoms with Crippen molar-refractivity contribution in [1.82, 2.24) is 5.32 Å². The first-order valence-electron chi connectivity index (χ1n) is 5.92. The third-order valence-electron chi connectivity index (χ3n) is 3.42. The van der Waals surface area contributed by atoms with E-state index >= 15 is 0 Å². The van der Waals surface area contributed by atoms with Crippen LogP contribution in [0.3, 0.4) is 0 Å². The quantitative estimate of drug-likeness (QED) is 0.673. The molecule has 3 atom stereocenters. The maximum Gasteiger partial charge on any atom is 0.227 e. The Hall–Kier alpha value is -0.880. The molecule has 0 bridgehead atoms. The summed E-state index contributed by atoms with van der Waals surface area (Å²) in [6.07, 6.45) is 5.59. The number of carbonyl (C=O) groups excluding carboxylic acids is 1. The molecule has 1 saturated heterocycles. The summed E-state index contributed by atoms with van der Waals surface area (Å²) in [4.78, 5) is 11.7. The van der Waals surface area contributed by atoms with Gasteiger partial charge in [0.1, 0.15) is 0 Å².